The molecule has 0 atom stereocenters. The fourth-order valence-electron chi connectivity index (χ4n) is 2.37. The third-order valence-electron chi connectivity index (χ3n) is 3.33. The van der Waals surface area contributed by atoms with E-state index in [-0.39, 0.29) is 5.43 Å². The predicted molar refractivity (Wildman–Crippen MR) is 76.9 cm³/mol. The van der Waals surface area contributed by atoms with E-state index in [4.69, 9.17) is 9.68 Å². The first-order valence-electron chi connectivity index (χ1n) is 6.29. The highest BCUT2D eigenvalue weighted by Gasteiger charge is 2.16. The molecule has 1 aliphatic carbocycles. The van der Waals surface area contributed by atoms with E-state index in [1.54, 1.807) is 36.5 Å². The van der Waals surface area contributed by atoms with Gasteiger partial charge in [-0.25, -0.2) is 4.98 Å². The topological polar surface area (TPSA) is 79.8 Å². The van der Waals surface area contributed by atoms with E-state index >= 15 is 0 Å². The minimum Gasteiger partial charge on any atom is -0.453 e. The van der Waals surface area contributed by atoms with Gasteiger partial charge in [-0.15, -0.1) is 0 Å². The van der Waals surface area contributed by atoms with E-state index in [0.717, 1.165) is 0 Å². The van der Waals surface area contributed by atoms with E-state index in [9.17, 15) is 4.79 Å². The third-order valence-corrected chi connectivity index (χ3v) is 3.33. The van der Waals surface area contributed by atoms with Gasteiger partial charge in [0.25, 0.3) is 0 Å². The first-order chi connectivity index (χ1) is 10.3. The van der Waals surface area contributed by atoms with Crippen LogP contribution in [0.4, 0.5) is 0 Å². The van der Waals surface area contributed by atoms with Crippen LogP contribution in [0, 0.1) is 11.3 Å². The summed E-state index contributed by atoms with van der Waals surface area (Å²) in [6.07, 6.45) is 1.57. The van der Waals surface area contributed by atoms with Crippen LogP contribution in [0.15, 0.2) is 51.8 Å². The molecule has 0 saturated heterocycles. The number of hydrogen-bond donors (Lipinski definition) is 0. The van der Waals surface area contributed by atoms with Crippen LogP contribution in [0.1, 0.15) is 5.56 Å². The van der Waals surface area contributed by atoms with Gasteiger partial charge < -0.3 is 4.42 Å². The quantitative estimate of drug-likeness (QED) is 0.363. The number of nitriles is 1. The summed E-state index contributed by atoms with van der Waals surface area (Å²) in [7, 11) is 0. The lowest BCUT2D eigenvalue weighted by atomic mass is 10.1. The maximum atomic E-state index is 12.0. The average molecular weight is 273 g/mol. The number of rotatable bonds is 0. The normalized spacial score (nSPS) is 11.0. The Bertz CT molecular complexity index is 1080. The molecule has 1 aromatic heterocycles. The summed E-state index contributed by atoms with van der Waals surface area (Å²) in [6, 6.07) is 12.0. The van der Waals surface area contributed by atoms with Gasteiger partial charge in [-0.05, 0) is 30.3 Å². The van der Waals surface area contributed by atoms with E-state index < -0.39 is 0 Å². The second-order valence-corrected chi connectivity index (χ2v) is 4.63. The lowest BCUT2D eigenvalue weighted by molar-refractivity contribution is 0.614. The number of benzene rings is 2. The Hall–Kier alpha value is -3.26. The molecule has 4 rings (SSSR count). The molecule has 21 heavy (non-hydrogen) atoms. The van der Waals surface area contributed by atoms with Crippen molar-refractivity contribution >= 4 is 22.0 Å². The van der Waals surface area contributed by atoms with Crippen LogP contribution in [0.25, 0.3) is 33.5 Å². The molecular weight excluding hydrogens is 266 g/mol. The summed E-state index contributed by atoms with van der Waals surface area (Å²) in [5.74, 6) is 0.415. The molecule has 0 saturated carbocycles. The highest BCUT2D eigenvalue weighted by Crippen LogP contribution is 2.29. The SMILES string of the molecule is N#Cc1ccc2oc3cc(=O)c4ncccc4c-3nc2c1. The van der Waals surface area contributed by atoms with Gasteiger partial charge in [-0.1, -0.05) is 0 Å². The Morgan fingerprint density at radius 3 is 2.95 bits per heavy atom. The maximum absolute atomic E-state index is 12.0. The summed E-state index contributed by atoms with van der Waals surface area (Å²) in [6.45, 7) is 0. The zero-order chi connectivity index (χ0) is 14.4. The van der Waals surface area contributed by atoms with Gasteiger partial charge in [-0.2, -0.15) is 5.26 Å². The molecular formula is C16H7N3O2. The Morgan fingerprint density at radius 2 is 2.10 bits per heavy atom. The number of fused-ring (bicyclic) bond motifs is 4. The molecule has 1 aromatic carbocycles. The van der Waals surface area contributed by atoms with Gasteiger partial charge in [0.05, 0.1) is 11.6 Å². The molecule has 0 amide bonds. The number of pyridine rings is 1. The highest BCUT2D eigenvalue weighted by atomic mass is 16.3. The number of hydrogen-bond acceptors (Lipinski definition) is 5. The Kier molecular flexibility index (Phi) is 2.27. The predicted octanol–water partition coefficient (Wildman–Crippen LogP) is 2.71. The van der Waals surface area contributed by atoms with Gasteiger partial charge in [0.15, 0.2) is 11.3 Å². The van der Waals surface area contributed by atoms with Crippen LogP contribution in [-0.4, -0.2) is 9.97 Å². The van der Waals surface area contributed by atoms with E-state index in [0.29, 0.717) is 39.0 Å². The molecule has 0 unspecified atom stereocenters. The summed E-state index contributed by atoms with van der Waals surface area (Å²) in [5, 5.41) is 9.61. The van der Waals surface area contributed by atoms with Gasteiger partial charge in [0.2, 0.25) is 5.43 Å². The number of nitrogens with zero attached hydrogens (tertiary/aromatic N) is 3. The van der Waals surface area contributed by atoms with Gasteiger partial charge >= 0.3 is 0 Å². The molecule has 0 radical (unpaired) electrons. The molecule has 2 aromatic rings. The van der Waals surface area contributed by atoms with E-state index in [1.807, 2.05) is 0 Å². The van der Waals surface area contributed by atoms with Crippen LogP contribution < -0.4 is 5.43 Å². The zero-order valence-corrected chi connectivity index (χ0v) is 10.7. The summed E-state index contributed by atoms with van der Waals surface area (Å²) in [4.78, 5) is 20.7. The van der Waals surface area contributed by atoms with Crippen molar-refractivity contribution in [2.45, 2.75) is 0 Å². The third kappa shape index (κ3) is 1.66. The largest absolute Gasteiger partial charge is 0.453 e. The van der Waals surface area contributed by atoms with E-state index in [1.165, 1.54) is 6.07 Å². The molecule has 2 aliphatic rings. The van der Waals surface area contributed by atoms with Crippen LogP contribution in [0.5, 0.6) is 0 Å². The van der Waals surface area contributed by atoms with Crippen LogP contribution in [-0.2, 0) is 0 Å². The van der Waals surface area contributed by atoms with Crippen LogP contribution >= 0.6 is 0 Å². The van der Waals surface area contributed by atoms with Crippen molar-refractivity contribution in [2.75, 3.05) is 0 Å². The molecule has 1 aliphatic heterocycles. The Balaban J connectivity index is 2.22. The maximum Gasteiger partial charge on any atom is 0.208 e. The Labute approximate surface area is 118 Å². The fraction of sp³-hybridized carbons (Fsp3) is 0. The molecule has 5 heteroatoms. The minimum absolute atomic E-state index is 0.198. The highest BCUT2D eigenvalue weighted by molar-refractivity contribution is 5.94. The first-order valence-corrected chi connectivity index (χ1v) is 6.29. The summed E-state index contributed by atoms with van der Waals surface area (Å²) < 4.78 is 5.73. The standard InChI is InChI=1S/C16H7N3O2/c17-8-9-3-4-13-11(6-9)19-16-10-2-1-5-18-15(10)12(20)7-14(16)21-13/h1-7H. The summed E-state index contributed by atoms with van der Waals surface area (Å²) >= 11 is 0. The van der Waals surface area contributed by atoms with Crippen molar-refractivity contribution in [3.05, 3.63) is 58.4 Å². The van der Waals surface area contributed by atoms with Crippen molar-refractivity contribution in [1.82, 2.24) is 9.97 Å². The molecule has 5 nitrogen and oxygen atoms in total. The number of aromatic nitrogens is 2. The van der Waals surface area contributed by atoms with Crippen molar-refractivity contribution in [2.24, 2.45) is 0 Å². The molecule has 0 fully saturated rings. The Morgan fingerprint density at radius 1 is 1.19 bits per heavy atom. The molecule has 0 bridgehead atoms. The van der Waals surface area contributed by atoms with Gasteiger partial charge in [0.1, 0.15) is 16.7 Å². The smallest absolute Gasteiger partial charge is 0.208 e. The minimum atomic E-state index is -0.198. The average Bonchev–Trinajstić information content (AvgIpc) is 2.53. The van der Waals surface area contributed by atoms with Gasteiger partial charge in [0, 0.05) is 17.6 Å². The fourth-order valence-corrected chi connectivity index (χ4v) is 2.37. The zero-order valence-electron chi connectivity index (χ0n) is 10.7. The summed E-state index contributed by atoms with van der Waals surface area (Å²) in [5.41, 5.74) is 2.35. The van der Waals surface area contributed by atoms with Crippen molar-refractivity contribution in [1.29, 1.82) is 5.26 Å². The molecule has 0 spiro atoms. The van der Waals surface area contributed by atoms with Crippen molar-refractivity contribution in [3.63, 3.8) is 0 Å². The van der Waals surface area contributed by atoms with Crippen molar-refractivity contribution in [3.8, 4) is 17.5 Å². The first kappa shape index (κ1) is 11.6. The monoisotopic (exact) mass is 273 g/mol. The van der Waals surface area contributed by atoms with Crippen molar-refractivity contribution < 1.29 is 4.42 Å². The second-order valence-electron chi connectivity index (χ2n) is 4.63. The molecule has 98 valence electrons. The van der Waals surface area contributed by atoms with Crippen LogP contribution in [0.2, 0.25) is 0 Å². The van der Waals surface area contributed by atoms with Gasteiger partial charge in [-0.3, -0.25) is 9.78 Å². The second kappa shape index (κ2) is 4.12. The lowest BCUT2D eigenvalue weighted by Gasteiger charge is -2.08. The lowest BCUT2D eigenvalue weighted by Crippen LogP contribution is -2.05. The molecule has 2 heterocycles. The molecule has 0 N–H and O–H groups in total. The van der Waals surface area contributed by atoms with E-state index in [2.05, 4.69) is 16.0 Å². The van der Waals surface area contributed by atoms with Crippen LogP contribution in [0.3, 0.4) is 0 Å².